The average molecular weight is 451 g/mol. The van der Waals surface area contributed by atoms with E-state index in [1.807, 2.05) is 0 Å². The first kappa shape index (κ1) is 19.1. The van der Waals surface area contributed by atoms with Gasteiger partial charge in [-0.05, 0) is 50.3 Å². The lowest BCUT2D eigenvalue weighted by Crippen LogP contribution is -2.45. The number of nitrogens with one attached hydrogen (secondary N) is 2. The van der Waals surface area contributed by atoms with E-state index in [0.717, 1.165) is 30.2 Å². The zero-order chi connectivity index (χ0) is 19.7. The molecular weight excluding hydrogens is 428 g/mol. The van der Waals surface area contributed by atoms with Crippen LogP contribution in [0.5, 0.6) is 11.5 Å². The van der Waals surface area contributed by atoms with Crippen molar-refractivity contribution in [3.8, 4) is 11.5 Å². The number of amides is 2. The van der Waals surface area contributed by atoms with Crippen LogP contribution in [0.25, 0.3) is 0 Å². The highest BCUT2D eigenvalue weighted by atomic mass is 79.9. The number of rotatable bonds is 3. The van der Waals surface area contributed by atoms with E-state index < -0.39 is 12.0 Å². The molecule has 2 amide bonds. The number of benzene rings is 1. The van der Waals surface area contributed by atoms with Crippen LogP contribution in [0.4, 0.5) is 4.79 Å². The summed E-state index contributed by atoms with van der Waals surface area (Å²) in [5.41, 5.74) is 1.62. The molecule has 1 fully saturated rings. The number of fused-ring (bicyclic) bond motifs is 1. The van der Waals surface area contributed by atoms with Crippen molar-refractivity contribution in [3.05, 3.63) is 33.4 Å². The highest BCUT2D eigenvalue weighted by Gasteiger charge is 2.35. The summed E-state index contributed by atoms with van der Waals surface area (Å²) in [5, 5.41) is 5.53. The molecule has 150 valence electrons. The third kappa shape index (κ3) is 3.83. The summed E-state index contributed by atoms with van der Waals surface area (Å²) in [6, 6.07) is 2.57. The molecule has 0 radical (unpaired) electrons. The highest BCUT2D eigenvalue weighted by Crippen LogP contribution is 2.41. The van der Waals surface area contributed by atoms with Gasteiger partial charge in [0.05, 0.1) is 11.6 Å². The van der Waals surface area contributed by atoms with Crippen molar-refractivity contribution < 1.29 is 23.8 Å². The lowest BCUT2D eigenvalue weighted by molar-refractivity contribution is -0.145. The maximum atomic E-state index is 13.1. The molecule has 0 aromatic heterocycles. The predicted octanol–water partition coefficient (Wildman–Crippen LogP) is 4.07. The number of allylic oxidation sites excluding steroid dienone is 1. The molecule has 3 aliphatic rings. The summed E-state index contributed by atoms with van der Waals surface area (Å²) in [5.74, 6) is 0.811. The van der Waals surface area contributed by atoms with E-state index in [1.54, 1.807) is 19.1 Å². The van der Waals surface area contributed by atoms with Gasteiger partial charge in [0.2, 0.25) is 6.79 Å². The molecule has 1 aliphatic carbocycles. The molecule has 2 aliphatic heterocycles. The van der Waals surface area contributed by atoms with Gasteiger partial charge in [-0.25, -0.2) is 9.59 Å². The molecule has 28 heavy (non-hydrogen) atoms. The molecule has 1 atom stereocenters. The zero-order valence-corrected chi connectivity index (χ0v) is 17.3. The number of carbonyl (C=O) groups is 2. The van der Waals surface area contributed by atoms with Crippen LogP contribution in [0.2, 0.25) is 0 Å². The Bertz CT molecular complexity index is 830. The third-order valence-corrected chi connectivity index (χ3v) is 6.05. The summed E-state index contributed by atoms with van der Waals surface area (Å²) in [6.45, 7) is 1.87. The molecule has 0 spiro atoms. The molecule has 8 heteroatoms. The van der Waals surface area contributed by atoms with Crippen LogP contribution in [0.15, 0.2) is 27.9 Å². The van der Waals surface area contributed by atoms with Gasteiger partial charge in [-0.3, -0.25) is 0 Å². The van der Waals surface area contributed by atoms with Gasteiger partial charge in [-0.2, -0.15) is 0 Å². The molecule has 7 nitrogen and oxygen atoms in total. The quantitative estimate of drug-likeness (QED) is 0.535. The van der Waals surface area contributed by atoms with Crippen molar-refractivity contribution >= 4 is 27.9 Å². The van der Waals surface area contributed by atoms with Gasteiger partial charge in [-0.15, -0.1) is 0 Å². The number of urea groups is 1. The van der Waals surface area contributed by atoms with Crippen LogP contribution in [-0.2, 0) is 9.53 Å². The molecule has 0 bridgehead atoms. The van der Waals surface area contributed by atoms with Crippen molar-refractivity contribution in [1.29, 1.82) is 0 Å². The third-order valence-electron chi connectivity index (χ3n) is 5.37. The van der Waals surface area contributed by atoms with Gasteiger partial charge in [0.15, 0.2) is 11.5 Å². The van der Waals surface area contributed by atoms with Gasteiger partial charge in [-0.1, -0.05) is 28.8 Å². The van der Waals surface area contributed by atoms with Gasteiger partial charge in [0, 0.05) is 10.2 Å². The van der Waals surface area contributed by atoms with Crippen LogP contribution in [0.3, 0.4) is 0 Å². The Hall–Kier alpha value is -2.22. The largest absolute Gasteiger partial charge is 0.459 e. The Kier molecular flexibility index (Phi) is 5.48. The predicted molar refractivity (Wildman–Crippen MR) is 105 cm³/mol. The molecule has 1 aromatic carbocycles. The SMILES string of the molecule is CC1=C(C(=O)OC2CCCCCC2)[C@@H](c2cc3c(cc2Br)OCO3)NC(=O)N1. The van der Waals surface area contributed by atoms with E-state index in [0.29, 0.717) is 28.3 Å². The number of halogens is 1. The number of ether oxygens (including phenoxy) is 3. The van der Waals surface area contributed by atoms with Crippen molar-refractivity contribution in [2.45, 2.75) is 57.6 Å². The fourth-order valence-corrected chi connectivity index (χ4v) is 4.48. The van der Waals surface area contributed by atoms with E-state index in [2.05, 4.69) is 26.6 Å². The van der Waals surface area contributed by atoms with Gasteiger partial charge in [0.25, 0.3) is 0 Å². The van der Waals surface area contributed by atoms with E-state index in [1.165, 1.54) is 12.8 Å². The molecule has 2 N–H and O–H groups in total. The topological polar surface area (TPSA) is 85.9 Å². The molecule has 2 heterocycles. The molecule has 0 unspecified atom stereocenters. The van der Waals surface area contributed by atoms with E-state index in [-0.39, 0.29) is 18.9 Å². The minimum atomic E-state index is -0.643. The van der Waals surface area contributed by atoms with Crippen LogP contribution in [0, 0.1) is 0 Å². The van der Waals surface area contributed by atoms with Crippen molar-refractivity contribution in [2.75, 3.05) is 6.79 Å². The summed E-state index contributed by atoms with van der Waals surface area (Å²) in [6.07, 6.45) is 6.20. The van der Waals surface area contributed by atoms with Gasteiger partial charge in [0.1, 0.15) is 6.10 Å². The van der Waals surface area contributed by atoms with Crippen molar-refractivity contribution in [1.82, 2.24) is 10.6 Å². The van der Waals surface area contributed by atoms with E-state index >= 15 is 0 Å². The Morgan fingerprint density at radius 3 is 2.54 bits per heavy atom. The van der Waals surface area contributed by atoms with E-state index in [9.17, 15) is 9.59 Å². The van der Waals surface area contributed by atoms with Crippen molar-refractivity contribution in [3.63, 3.8) is 0 Å². The molecule has 0 saturated heterocycles. The molecular formula is C20H23BrN2O5. The monoisotopic (exact) mass is 450 g/mol. The number of hydrogen-bond donors (Lipinski definition) is 2. The fraction of sp³-hybridized carbons (Fsp3) is 0.500. The normalized spacial score (nSPS) is 22.4. The Morgan fingerprint density at radius 2 is 1.82 bits per heavy atom. The molecule has 4 rings (SSSR count). The smallest absolute Gasteiger partial charge is 0.338 e. The molecule has 1 aromatic rings. The minimum absolute atomic E-state index is 0.0752. The van der Waals surface area contributed by atoms with Crippen molar-refractivity contribution in [2.24, 2.45) is 0 Å². The Balaban J connectivity index is 1.64. The second-order valence-corrected chi connectivity index (χ2v) is 8.17. The van der Waals surface area contributed by atoms with E-state index in [4.69, 9.17) is 14.2 Å². The lowest BCUT2D eigenvalue weighted by atomic mass is 9.95. The zero-order valence-electron chi connectivity index (χ0n) is 15.7. The first-order valence-corrected chi connectivity index (χ1v) is 10.4. The Morgan fingerprint density at radius 1 is 1.14 bits per heavy atom. The average Bonchev–Trinajstić information content (AvgIpc) is 2.94. The van der Waals surface area contributed by atoms with Gasteiger partial charge < -0.3 is 24.8 Å². The highest BCUT2D eigenvalue weighted by molar-refractivity contribution is 9.10. The summed E-state index contributed by atoms with van der Waals surface area (Å²) in [7, 11) is 0. The van der Waals surface area contributed by atoms with Crippen LogP contribution in [0.1, 0.15) is 57.1 Å². The number of esters is 1. The first-order chi connectivity index (χ1) is 13.5. The number of hydrogen-bond acceptors (Lipinski definition) is 5. The Labute approximate surface area is 171 Å². The number of carbonyl (C=O) groups excluding carboxylic acids is 2. The standard InChI is InChI=1S/C20H23BrN2O5/c1-11-17(19(24)28-12-6-4-2-3-5-7-12)18(23-20(25)22-11)13-8-15-16(9-14(13)21)27-10-26-15/h8-9,12,18H,2-7,10H2,1H3,(H2,22,23,25)/t18-/m1/s1. The van der Waals surface area contributed by atoms with Crippen LogP contribution in [-0.4, -0.2) is 24.9 Å². The minimum Gasteiger partial charge on any atom is -0.459 e. The summed E-state index contributed by atoms with van der Waals surface area (Å²) >= 11 is 3.53. The van der Waals surface area contributed by atoms with Crippen LogP contribution >= 0.6 is 15.9 Å². The summed E-state index contributed by atoms with van der Waals surface area (Å²) < 4.78 is 17.4. The maximum Gasteiger partial charge on any atom is 0.338 e. The molecule has 1 saturated carbocycles. The van der Waals surface area contributed by atoms with Gasteiger partial charge >= 0.3 is 12.0 Å². The summed E-state index contributed by atoms with van der Waals surface area (Å²) in [4.78, 5) is 25.2. The maximum absolute atomic E-state index is 13.1. The van der Waals surface area contributed by atoms with Crippen LogP contribution < -0.4 is 20.1 Å². The fourth-order valence-electron chi connectivity index (χ4n) is 3.93. The lowest BCUT2D eigenvalue weighted by Gasteiger charge is -2.30. The first-order valence-electron chi connectivity index (χ1n) is 9.61. The second-order valence-electron chi connectivity index (χ2n) is 7.32. The second kappa shape index (κ2) is 8.03.